The van der Waals surface area contributed by atoms with Gasteiger partial charge in [0.1, 0.15) is 12.6 Å². The third-order valence-electron chi connectivity index (χ3n) is 6.38. The number of halogens is 2. The van der Waals surface area contributed by atoms with Crippen LogP contribution in [0, 0.1) is 5.92 Å². The van der Waals surface area contributed by atoms with Crippen LogP contribution in [0.3, 0.4) is 0 Å². The summed E-state index contributed by atoms with van der Waals surface area (Å²) < 4.78 is 35.6. The molecule has 3 rings (SSSR count). The van der Waals surface area contributed by atoms with Crippen molar-refractivity contribution < 1.29 is 27.9 Å². The molecule has 0 saturated heterocycles. The van der Waals surface area contributed by atoms with Gasteiger partial charge in [0.2, 0.25) is 11.7 Å². The van der Waals surface area contributed by atoms with Gasteiger partial charge in [-0.2, -0.15) is 8.78 Å². The molecule has 2 N–H and O–H groups in total. The van der Waals surface area contributed by atoms with Crippen LogP contribution in [0.1, 0.15) is 43.4 Å². The molecule has 0 radical (unpaired) electrons. The van der Waals surface area contributed by atoms with Gasteiger partial charge in [-0.3, -0.25) is 9.59 Å². The first-order valence-electron chi connectivity index (χ1n) is 13.4. The van der Waals surface area contributed by atoms with E-state index in [1.54, 1.807) is 72.8 Å². The van der Waals surface area contributed by atoms with Gasteiger partial charge < -0.3 is 15.4 Å². The standard InChI is InChI=1S/C32H36F2N2O4/c1-23(2)20-28(36-31(39)40-22-26-16-10-5-11-17-26)30(38)35-27(21-25-14-8-4-9-15-25)29(37)32(33,34)19-18-24-12-6-3-7-13-24/h3-17,23,27-28H,18-22H2,1-2H3,(H,35,38)(H,36,39)/t27-,28?/m0/s1. The van der Waals surface area contributed by atoms with Crippen LogP contribution in [0.25, 0.3) is 0 Å². The molecule has 3 aromatic rings. The zero-order valence-corrected chi connectivity index (χ0v) is 22.8. The van der Waals surface area contributed by atoms with Crippen LogP contribution in [-0.4, -0.2) is 35.8 Å². The Morgan fingerprint density at radius 3 is 1.82 bits per heavy atom. The molecule has 0 bridgehead atoms. The number of aryl methyl sites for hydroxylation is 1. The highest BCUT2D eigenvalue weighted by molar-refractivity contribution is 5.95. The fourth-order valence-electron chi connectivity index (χ4n) is 4.27. The number of rotatable bonds is 14. The van der Waals surface area contributed by atoms with Crippen molar-refractivity contribution in [2.24, 2.45) is 5.92 Å². The van der Waals surface area contributed by atoms with Crippen LogP contribution >= 0.6 is 0 Å². The van der Waals surface area contributed by atoms with Crippen molar-refractivity contribution in [3.63, 3.8) is 0 Å². The van der Waals surface area contributed by atoms with Gasteiger partial charge in [0, 0.05) is 6.42 Å². The molecule has 3 aromatic carbocycles. The van der Waals surface area contributed by atoms with Gasteiger partial charge in [0.25, 0.3) is 0 Å². The summed E-state index contributed by atoms with van der Waals surface area (Å²) in [5.41, 5.74) is 2.08. The van der Waals surface area contributed by atoms with Crippen molar-refractivity contribution in [1.29, 1.82) is 0 Å². The third-order valence-corrected chi connectivity index (χ3v) is 6.38. The van der Waals surface area contributed by atoms with Crippen molar-refractivity contribution in [3.8, 4) is 0 Å². The van der Waals surface area contributed by atoms with Crippen molar-refractivity contribution in [1.82, 2.24) is 10.6 Å². The van der Waals surface area contributed by atoms with E-state index in [9.17, 15) is 14.4 Å². The maximum Gasteiger partial charge on any atom is 0.408 e. The summed E-state index contributed by atoms with van der Waals surface area (Å²) in [7, 11) is 0. The van der Waals surface area contributed by atoms with Crippen molar-refractivity contribution in [2.45, 2.75) is 64.1 Å². The number of benzene rings is 3. The second kappa shape index (κ2) is 14.9. The second-order valence-electron chi connectivity index (χ2n) is 10.2. The monoisotopic (exact) mass is 550 g/mol. The van der Waals surface area contributed by atoms with E-state index in [0.717, 1.165) is 5.56 Å². The predicted octanol–water partition coefficient (Wildman–Crippen LogP) is 5.89. The number of carbonyl (C=O) groups is 3. The van der Waals surface area contributed by atoms with Gasteiger partial charge in [-0.15, -0.1) is 0 Å². The molecule has 0 fully saturated rings. The molecule has 0 spiro atoms. The number of hydrogen-bond acceptors (Lipinski definition) is 4. The van der Waals surface area contributed by atoms with E-state index in [4.69, 9.17) is 4.74 Å². The van der Waals surface area contributed by atoms with Crippen LogP contribution in [0.4, 0.5) is 13.6 Å². The molecular formula is C32H36F2N2O4. The molecule has 2 atom stereocenters. The Labute approximate surface area is 234 Å². The lowest BCUT2D eigenvalue weighted by atomic mass is 9.94. The van der Waals surface area contributed by atoms with Gasteiger partial charge >= 0.3 is 12.0 Å². The Kier molecular flexibility index (Phi) is 11.4. The second-order valence-corrected chi connectivity index (χ2v) is 10.2. The molecule has 0 saturated carbocycles. The number of ether oxygens (including phenoxy) is 1. The minimum Gasteiger partial charge on any atom is -0.445 e. The maximum atomic E-state index is 15.2. The number of ketones is 1. The van der Waals surface area contributed by atoms with Crippen molar-refractivity contribution in [3.05, 3.63) is 108 Å². The van der Waals surface area contributed by atoms with Gasteiger partial charge in [-0.05, 0) is 41.9 Å². The lowest BCUT2D eigenvalue weighted by molar-refractivity contribution is -0.147. The fourth-order valence-corrected chi connectivity index (χ4v) is 4.27. The van der Waals surface area contributed by atoms with E-state index < -0.39 is 42.2 Å². The van der Waals surface area contributed by atoms with E-state index in [1.165, 1.54) is 0 Å². The van der Waals surface area contributed by atoms with Crippen molar-refractivity contribution >= 4 is 17.8 Å². The van der Waals surface area contributed by atoms with Gasteiger partial charge in [-0.1, -0.05) is 105 Å². The molecule has 6 nitrogen and oxygen atoms in total. The lowest BCUT2D eigenvalue weighted by Crippen LogP contribution is -2.55. The van der Waals surface area contributed by atoms with E-state index in [-0.39, 0.29) is 31.8 Å². The first-order valence-corrected chi connectivity index (χ1v) is 13.4. The largest absolute Gasteiger partial charge is 0.445 e. The number of alkyl carbamates (subject to hydrolysis) is 1. The summed E-state index contributed by atoms with van der Waals surface area (Å²) in [6.07, 6.45) is -1.38. The highest BCUT2D eigenvalue weighted by Gasteiger charge is 2.43. The maximum absolute atomic E-state index is 15.2. The summed E-state index contributed by atoms with van der Waals surface area (Å²) in [5.74, 6) is -5.77. The molecule has 2 amide bonds. The average Bonchev–Trinajstić information content (AvgIpc) is 2.95. The summed E-state index contributed by atoms with van der Waals surface area (Å²) in [6.45, 7) is 3.73. The number of amides is 2. The van der Waals surface area contributed by atoms with Gasteiger partial charge in [0.05, 0.1) is 6.04 Å². The van der Waals surface area contributed by atoms with Crippen LogP contribution in [0.15, 0.2) is 91.0 Å². The van der Waals surface area contributed by atoms with Crippen LogP contribution in [0.5, 0.6) is 0 Å². The third kappa shape index (κ3) is 9.91. The Balaban J connectivity index is 1.72. The van der Waals surface area contributed by atoms with Gasteiger partial charge in [-0.25, -0.2) is 4.79 Å². The minimum atomic E-state index is -3.67. The Hall–Kier alpha value is -4.07. The smallest absolute Gasteiger partial charge is 0.408 e. The number of alkyl halides is 2. The van der Waals surface area contributed by atoms with Crippen LogP contribution in [-0.2, 0) is 33.8 Å². The first-order chi connectivity index (χ1) is 19.1. The molecular weight excluding hydrogens is 514 g/mol. The zero-order valence-electron chi connectivity index (χ0n) is 22.8. The number of carbonyl (C=O) groups excluding carboxylic acids is 3. The summed E-state index contributed by atoms with van der Waals surface area (Å²) in [5, 5.41) is 5.06. The summed E-state index contributed by atoms with van der Waals surface area (Å²) >= 11 is 0. The SMILES string of the molecule is CC(C)CC(NC(=O)OCc1ccccc1)C(=O)N[C@@H](Cc1ccccc1)C(=O)C(F)(F)CCc1ccccc1. The number of Topliss-reactive ketones (excluding diaryl/α,β-unsaturated/α-hetero) is 1. The Bertz CT molecular complexity index is 1220. The first kappa shape index (κ1) is 30.5. The van der Waals surface area contributed by atoms with Crippen LogP contribution in [0.2, 0.25) is 0 Å². The van der Waals surface area contributed by atoms with E-state index in [0.29, 0.717) is 11.1 Å². The quantitative estimate of drug-likeness (QED) is 0.262. The van der Waals surface area contributed by atoms with Crippen molar-refractivity contribution in [2.75, 3.05) is 0 Å². The van der Waals surface area contributed by atoms with E-state index >= 15 is 8.78 Å². The molecule has 212 valence electrons. The average molecular weight is 551 g/mol. The summed E-state index contributed by atoms with van der Waals surface area (Å²) in [6, 6.07) is 23.9. The van der Waals surface area contributed by atoms with E-state index in [1.807, 2.05) is 32.0 Å². The number of hydrogen-bond donors (Lipinski definition) is 2. The zero-order chi connectivity index (χ0) is 29.0. The van der Waals surface area contributed by atoms with Gasteiger partial charge in [0.15, 0.2) is 0 Å². The fraction of sp³-hybridized carbons (Fsp3) is 0.344. The molecule has 40 heavy (non-hydrogen) atoms. The summed E-state index contributed by atoms with van der Waals surface area (Å²) in [4.78, 5) is 39.0. The molecule has 0 aromatic heterocycles. The molecule has 0 aliphatic heterocycles. The minimum absolute atomic E-state index is 0.00540. The highest BCUT2D eigenvalue weighted by Crippen LogP contribution is 2.25. The highest BCUT2D eigenvalue weighted by atomic mass is 19.3. The molecule has 1 unspecified atom stereocenters. The Morgan fingerprint density at radius 1 is 0.750 bits per heavy atom. The predicted molar refractivity (Wildman–Crippen MR) is 150 cm³/mol. The molecule has 8 heteroatoms. The topological polar surface area (TPSA) is 84.5 Å². The normalized spacial score (nSPS) is 12.8. The molecule has 0 aliphatic rings. The van der Waals surface area contributed by atoms with Crippen LogP contribution < -0.4 is 10.6 Å². The van der Waals surface area contributed by atoms with E-state index in [2.05, 4.69) is 10.6 Å². The number of nitrogens with one attached hydrogen (secondary N) is 2. The molecule has 0 heterocycles. The Morgan fingerprint density at radius 2 is 1.27 bits per heavy atom. The molecule has 0 aliphatic carbocycles. The lowest BCUT2D eigenvalue weighted by Gasteiger charge is -2.26.